The maximum atomic E-state index is 9.95. The van der Waals surface area contributed by atoms with Crippen molar-refractivity contribution in [2.45, 2.75) is 24.3 Å². The Morgan fingerprint density at radius 2 is 2.24 bits per heavy atom. The van der Waals surface area contributed by atoms with E-state index in [0.29, 0.717) is 30.4 Å². The van der Waals surface area contributed by atoms with Crippen molar-refractivity contribution in [1.82, 2.24) is 0 Å². The van der Waals surface area contributed by atoms with E-state index in [-0.39, 0.29) is 5.38 Å². The molecule has 21 heavy (non-hydrogen) atoms. The van der Waals surface area contributed by atoms with Gasteiger partial charge in [0.05, 0.1) is 11.5 Å². The van der Waals surface area contributed by atoms with E-state index in [4.69, 9.17) is 33.7 Å². The lowest BCUT2D eigenvalue weighted by atomic mass is 10.0. The van der Waals surface area contributed by atoms with Gasteiger partial charge in [0.1, 0.15) is 12.4 Å². The molecule has 2 rings (SSSR count). The molecule has 5 heteroatoms. The number of hydrogen-bond acceptors (Lipinski definition) is 3. The van der Waals surface area contributed by atoms with E-state index in [2.05, 4.69) is 0 Å². The number of halogens is 2. The number of allylic oxidation sites excluding steroid dienone is 3. The average molecular weight is 328 g/mol. The normalized spacial score (nSPS) is 19.7. The second kappa shape index (κ2) is 7.85. The zero-order valence-electron chi connectivity index (χ0n) is 11.6. The van der Waals surface area contributed by atoms with Crippen LogP contribution < -0.4 is 10.5 Å². The summed E-state index contributed by atoms with van der Waals surface area (Å²) in [6.45, 7) is 0.781. The molecule has 0 aliphatic heterocycles. The Labute approximate surface area is 135 Å². The summed E-state index contributed by atoms with van der Waals surface area (Å²) in [7, 11) is 0. The molecule has 114 valence electrons. The molecule has 3 N–H and O–H groups in total. The van der Waals surface area contributed by atoms with Gasteiger partial charge in [0, 0.05) is 10.6 Å². The van der Waals surface area contributed by atoms with Crippen LogP contribution in [0, 0.1) is 0 Å². The molecule has 1 aromatic rings. The van der Waals surface area contributed by atoms with Crippen molar-refractivity contribution in [3.8, 4) is 5.75 Å². The molecule has 0 saturated heterocycles. The van der Waals surface area contributed by atoms with Crippen molar-refractivity contribution < 1.29 is 9.84 Å². The molecule has 0 radical (unpaired) electrons. The molecule has 0 aromatic heterocycles. The fourth-order valence-corrected chi connectivity index (χ4v) is 2.76. The Morgan fingerprint density at radius 1 is 1.43 bits per heavy atom. The van der Waals surface area contributed by atoms with Crippen LogP contribution in [0.1, 0.15) is 24.5 Å². The van der Waals surface area contributed by atoms with E-state index >= 15 is 0 Å². The van der Waals surface area contributed by atoms with Gasteiger partial charge in [-0.25, -0.2) is 0 Å². The molecule has 0 heterocycles. The molecule has 0 amide bonds. The zero-order valence-corrected chi connectivity index (χ0v) is 13.1. The fraction of sp³-hybridized carbons (Fsp3) is 0.375. The van der Waals surface area contributed by atoms with Gasteiger partial charge in [-0.2, -0.15) is 0 Å². The summed E-state index contributed by atoms with van der Waals surface area (Å²) < 4.78 is 5.75. The first-order chi connectivity index (χ1) is 10.1. The summed E-state index contributed by atoms with van der Waals surface area (Å²) in [5, 5.41) is 10.5. The monoisotopic (exact) mass is 327 g/mol. The van der Waals surface area contributed by atoms with Gasteiger partial charge < -0.3 is 15.6 Å². The van der Waals surface area contributed by atoms with Crippen LogP contribution >= 0.6 is 23.2 Å². The molecule has 3 nitrogen and oxygen atoms in total. The van der Waals surface area contributed by atoms with Crippen LogP contribution in [-0.4, -0.2) is 23.6 Å². The smallest absolute Gasteiger partial charge is 0.120 e. The first-order valence-electron chi connectivity index (χ1n) is 6.92. The Balaban J connectivity index is 2.03. The number of aliphatic hydroxyl groups is 1. The third-order valence-corrected chi connectivity index (χ3v) is 4.18. The number of alkyl halides is 1. The Hall–Kier alpha value is -1.000. The molecule has 1 aliphatic carbocycles. The number of ether oxygens (including phenoxy) is 1. The lowest BCUT2D eigenvalue weighted by molar-refractivity contribution is 0.170. The van der Waals surface area contributed by atoms with Crippen LogP contribution in [0.15, 0.2) is 47.0 Å². The zero-order chi connectivity index (χ0) is 15.2. The lowest BCUT2D eigenvalue weighted by Crippen LogP contribution is -2.14. The highest BCUT2D eigenvalue weighted by Crippen LogP contribution is 2.28. The summed E-state index contributed by atoms with van der Waals surface area (Å²) in [4.78, 5) is 0. The molecule has 0 bridgehead atoms. The van der Waals surface area contributed by atoms with E-state index in [9.17, 15) is 5.11 Å². The van der Waals surface area contributed by atoms with Gasteiger partial charge in [-0.1, -0.05) is 29.8 Å². The average Bonchev–Trinajstić information content (AvgIpc) is 2.47. The summed E-state index contributed by atoms with van der Waals surface area (Å²) in [6.07, 6.45) is 4.51. The topological polar surface area (TPSA) is 55.5 Å². The maximum Gasteiger partial charge on any atom is 0.120 e. The first kappa shape index (κ1) is 16.4. The van der Waals surface area contributed by atoms with E-state index in [1.54, 1.807) is 0 Å². The second-order valence-electron chi connectivity index (χ2n) is 4.93. The van der Waals surface area contributed by atoms with Gasteiger partial charge in [-0.15, -0.1) is 11.6 Å². The van der Waals surface area contributed by atoms with Crippen molar-refractivity contribution in [3.05, 3.63) is 52.6 Å². The van der Waals surface area contributed by atoms with E-state index < -0.39 is 6.10 Å². The quantitative estimate of drug-likeness (QED) is 0.786. The predicted octanol–water partition coefficient (Wildman–Crippen LogP) is 3.51. The van der Waals surface area contributed by atoms with Crippen LogP contribution in [0.3, 0.4) is 0 Å². The Kier molecular flexibility index (Phi) is 6.12. The largest absolute Gasteiger partial charge is 0.489 e. The summed E-state index contributed by atoms with van der Waals surface area (Å²) in [6, 6.07) is 7.36. The van der Waals surface area contributed by atoms with Crippen molar-refractivity contribution in [1.29, 1.82) is 0 Å². The summed E-state index contributed by atoms with van der Waals surface area (Å²) in [5.74, 6) is 0.680. The minimum Gasteiger partial charge on any atom is -0.489 e. The minimum atomic E-state index is -0.570. The van der Waals surface area contributed by atoms with Crippen molar-refractivity contribution in [2.75, 3.05) is 13.2 Å². The van der Waals surface area contributed by atoms with Gasteiger partial charge >= 0.3 is 0 Å². The number of hydrogen-bond donors (Lipinski definition) is 2. The van der Waals surface area contributed by atoms with Gasteiger partial charge in [-0.05, 0) is 43.2 Å². The minimum absolute atomic E-state index is 0.131. The molecule has 2 unspecified atom stereocenters. The first-order valence-corrected chi connectivity index (χ1v) is 7.73. The molecule has 1 aromatic carbocycles. The molecular formula is C16H19Cl2NO2. The Morgan fingerprint density at radius 3 is 2.95 bits per heavy atom. The van der Waals surface area contributed by atoms with Crippen molar-refractivity contribution in [2.24, 2.45) is 5.73 Å². The van der Waals surface area contributed by atoms with Crippen LogP contribution in [0.4, 0.5) is 0 Å². The van der Waals surface area contributed by atoms with Crippen LogP contribution in [0.5, 0.6) is 5.75 Å². The van der Waals surface area contributed by atoms with Crippen LogP contribution in [0.25, 0.3) is 0 Å². The second-order valence-corrected chi connectivity index (χ2v) is 5.87. The van der Waals surface area contributed by atoms with E-state index in [1.165, 1.54) is 0 Å². The standard InChI is InChI=1S/C16H19Cl2NO2/c17-14-5-2-6-15(18)13(14)10-21-12-4-1-3-11(9-12)16(20)7-8-19/h1-5,9,15-16,20H,6-8,10,19H2. The van der Waals surface area contributed by atoms with E-state index in [1.807, 2.05) is 36.4 Å². The van der Waals surface area contributed by atoms with Crippen molar-refractivity contribution in [3.63, 3.8) is 0 Å². The molecule has 0 spiro atoms. The van der Waals surface area contributed by atoms with E-state index in [0.717, 1.165) is 17.6 Å². The van der Waals surface area contributed by atoms with Crippen molar-refractivity contribution >= 4 is 23.2 Å². The Bertz CT molecular complexity index is 543. The fourth-order valence-electron chi connectivity index (χ4n) is 2.15. The summed E-state index contributed by atoms with van der Waals surface area (Å²) in [5.41, 5.74) is 7.14. The number of rotatable bonds is 6. The molecule has 0 fully saturated rings. The predicted molar refractivity (Wildman–Crippen MR) is 86.8 cm³/mol. The third-order valence-electron chi connectivity index (χ3n) is 3.37. The molecule has 1 aliphatic rings. The maximum absolute atomic E-state index is 9.95. The van der Waals surface area contributed by atoms with Crippen LogP contribution in [0.2, 0.25) is 0 Å². The molecular weight excluding hydrogens is 309 g/mol. The molecule has 2 atom stereocenters. The lowest BCUT2D eigenvalue weighted by Gasteiger charge is -2.18. The number of aliphatic hydroxyl groups excluding tert-OH is 1. The van der Waals surface area contributed by atoms with Gasteiger partial charge in [0.25, 0.3) is 0 Å². The van der Waals surface area contributed by atoms with Gasteiger partial charge in [0.15, 0.2) is 0 Å². The number of nitrogens with two attached hydrogens (primary N) is 1. The SMILES string of the molecule is NCCC(O)c1cccc(OCC2=C(Cl)C=CCC2Cl)c1. The highest BCUT2D eigenvalue weighted by Gasteiger charge is 2.17. The van der Waals surface area contributed by atoms with Crippen LogP contribution in [-0.2, 0) is 0 Å². The third kappa shape index (κ3) is 4.48. The van der Waals surface area contributed by atoms with Gasteiger partial charge in [0.2, 0.25) is 0 Å². The molecule has 0 saturated carbocycles. The number of benzene rings is 1. The highest BCUT2D eigenvalue weighted by atomic mass is 35.5. The summed E-state index contributed by atoms with van der Waals surface area (Å²) >= 11 is 12.4. The van der Waals surface area contributed by atoms with Gasteiger partial charge in [-0.3, -0.25) is 0 Å². The highest BCUT2D eigenvalue weighted by molar-refractivity contribution is 6.33.